The number of ether oxygens (including phenoxy) is 5. The Morgan fingerprint density at radius 3 is 1.28 bits per heavy atom. The molecule has 444 valence electrons. The lowest BCUT2D eigenvalue weighted by Gasteiger charge is -2.36. The second-order valence-corrected chi connectivity index (χ2v) is 23.8. The quantitative estimate of drug-likeness (QED) is 0.0512. The fourth-order valence-electron chi connectivity index (χ4n) is 12.6. The number of nitrogens with zero attached hydrogens (tertiary/aromatic N) is 6. The first-order valence-electron chi connectivity index (χ1n) is 28.0. The topological polar surface area (TPSA) is 289 Å². The van der Waals surface area contributed by atoms with Gasteiger partial charge in [-0.3, -0.25) is 18.9 Å². The molecule has 0 spiro atoms. The van der Waals surface area contributed by atoms with Crippen LogP contribution < -0.4 is 16.7 Å². The van der Waals surface area contributed by atoms with E-state index in [0.717, 1.165) is 66.5 Å². The number of para-hydroxylation sites is 3. The van der Waals surface area contributed by atoms with Crippen LogP contribution in [0.3, 0.4) is 0 Å². The number of phosphoric acid groups is 1. The number of thioether (sulfide) groups is 1. The fourth-order valence-corrected chi connectivity index (χ4v) is 13.1. The molecule has 6 aliphatic rings. The summed E-state index contributed by atoms with van der Waals surface area (Å²) in [5.74, 6) is -1.56. The summed E-state index contributed by atoms with van der Waals surface area (Å²) >= 11 is 1.48. The summed E-state index contributed by atoms with van der Waals surface area (Å²) in [5.41, 5.74) is 6.24. The van der Waals surface area contributed by atoms with Gasteiger partial charge in [0, 0.05) is 49.5 Å². The molecule has 0 unspecified atom stereocenters. The van der Waals surface area contributed by atoms with Crippen molar-refractivity contribution in [1.82, 2.24) is 28.7 Å². The maximum Gasteiger partial charge on any atom is 0.471 e. The predicted octanol–water partition coefficient (Wildman–Crippen LogP) is 7.67. The fraction of sp³-hybridized carbons (Fsp3) is 0.286. The van der Waals surface area contributed by atoms with Gasteiger partial charge in [-0.1, -0.05) is 75.4 Å². The van der Waals surface area contributed by atoms with E-state index in [1.54, 1.807) is 39.7 Å². The smallest absolute Gasteiger partial charge is 0.458 e. The lowest BCUT2D eigenvalue weighted by Crippen LogP contribution is -2.46. The molecule has 6 aliphatic heterocycles. The van der Waals surface area contributed by atoms with Gasteiger partial charge < -0.3 is 52.3 Å². The van der Waals surface area contributed by atoms with Crippen molar-refractivity contribution in [2.24, 2.45) is 0 Å². The number of aliphatic hydroxyl groups is 1. The monoisotopic (exact) mass is 1210 g/mol. The summed E-state index contributed by atoms with van der Waals surface area (Å²) < 4.78 is 47.6. The number of phosphoric ester groups is 1. The van der Waals surface area contributed by atoms with E-state index < -0.39 is 49.3 Å². The average molecular weight is 1220 g/mol. The van der Waals surface area contributed by atoms with E-state index in [1.165, 1.54) is 11.8 Å². The molecule has 87 heavy (non-hydrogen) atoms. The minimum atomic E-state index is -4.82. The molecule has 0 amide bonds. The molecule has 3 N–H and O–H groups in total. The molecule has 24 heteroatoms. The zero-order chi connectivity index (χ0) is 60.9. The van der Waals surface area contributed by atoms with Crippen LogP contribution in [0.25, 0.3) is 66.9 Å². The highest BCUT2D eigenvalue weighted by Crippen LogP contribution is 2.45. The number of carbonyl (C=O) groups is 3. The molecule has 0 fully saturated rings. The van der Waals surface area contributed by atoms with Crippen LogP contribution in [0.2, 0.25) is 0 Å². The summed E-state index contributed by atoms with van der Waals surface area (Å²) in [6.45, 7) is 5.24. The Morgan fingerprint density at radius 1 is 0.529 bits per heavy atom. The van der Waals surface area contributed by atoms with E-state index in [0.29, 0.717) is 76.9 Å². The molecule has 15 rings (SSSR count). The van der Waals surface area contributed by atoms with Gasteiger partial charge in [-0.2, -0.15) is 0 Å². The first-order chi connectivity index (χ1) is 41.8. The molecular weight excluding hydrogens is 1160 g/mol. The second-order valence-electron chi connectivity index (χ2n) is 21.7. The zero-order valence-corrected chi connectivity index (χ0v) is 49.1. The van der Waals surface area contributed by atoms with Gasteiger partial charge in [-0.15, -0.1) is 11.8 Å². The highest BCUT2D eigenvalue weighted by Gasteiger charge is 2.51. The number of esters is 3. The average Bonchev–Trinajstić information content (AvgIpc) is 2.05. The number of pyridine rings is 6. The van der Waals surface area contributed by atoms with Crippen LogP contribution in [-0.4, -0.2) is 80.4 Å². The largest absolute Gasteiger partial charge is 0.471 e. The number of benzene rings is 3. The first-order valence-corrected chi connectivity index (χ1v) is 31.0. The maximum atomic E-state index is 13.3. The molecule has 0 aliphatic carbocycles. The number of hydrogen-bond donors (Lipinski definition) is 3. The Bertz CT molecular complexity index is 4690. The Balaban J connectivity index is 0.000000121. The molecule has 22 nitrogen and oxygen atoms in total. The zero-order valence-electron chi connectivity index (χ0n) is 47.4. The summed E-state index contributed by atoms with van der Waals surface area (Å²) in [6, 6.07) is 34.8. The number of aromatic nitrogens is 6. The molecule has 6 aromatic heterocycles. The third-order valence-electron chi connectivity index (χ3n) is 17.1. The lowest BCUT2D eigenvalue weighted by atomic mass is 9.85. The van der Waals surface area contributed by atoms with Crippen LogP contribution in [-0.2, 0) is 103 Å². The number of cyclic esters (lactones) is 3. The third kappa shape index (κ3) is 9.34. The molecular formula is C63H55N6O16PS. The van der Waals surface area contributed by atoms with Crippen LogP contribution in [0.4, 0.5) is 0 Å². The van der Waals surface area contributed by atoms with E-state index in [-0.39, 0.29) is 54.9 Å². The Kier molecular flexibility index (Phi) is 14.4. The third-order valence-corrected chi connectivity index (χ3v) is 17.9. The van der Waals surface area contributed by atoms with Crippen molar-refractivity contribution in [3.05, 3.63) is 190 Å². The standard InChI is InChI=1S/C22H20N2O4S.C21H19N2O8P.C20H16N2O4/c1-3-22(28-12-29-2)16-9-18-19-14(8-13-6-4-5-7-17(13)23-19)10-24(18)20(25)15(16)11-27-21(22)26;1-2-21(30-11-31-32(26,27)28)15-8-17-18-13(7-12-5-3-4-6-16(12)22-18)9-23(17)19(24)14(15)10-29-20(21)25;1-2-20(25)14-8-16-17-12(7-11-5-3-4-6-15(11)21-17)9-22(16)18(23)13(14)10-26-19(20)24/h4-9H,3,10-12H2,1-2H3;3-8H,2,9-11H2,1H3,(H2,26,27,28);3-8,25H,2,9-10H2,1H3/t22-;21-;20-/m000/s1. The van der Waals surface area contributed by atoms with Gasteiger partial charge in [0.05, 0.1) is 93.0 Å². The van der Waals surface area contributed by atoms with Gasteiger partial charge in [0.25, 0.3) is 16.7 Å². The highest BCUT2D eigenvalue weighted by atomic mass is 32.2. The SMILES string of the molecule is CC[C@@]1(O)C(=O)OCc2c1cc1n(c2=O)Cc2cc3ccccc3nc2-1.CC[C@@]1(OCOP(=O)(O)O)C(=O)OCc2c1cc1n(c2=O)Cc2cc3ccccc3nc2-1.CC[C@@]1(OCSC)C(=O)OCc2c1cc1n(c2=O)Cc2cc3ccccc3nc2-1. The van der Waals surface area contributed by atoms with E-state index in [2.05, 4.69) is 10.6 Å². The second kappa shape index (κ2) is 21.7. The van der Waals surface area contributed by atoms with Gasteiger partial charge in [0.15, 0.2) is 23.6 Å². The van der Waals surface area contributed by atoms with E-state index >= 15 is 0 Å². The van der Waals surface area contributed by atoms with Crippen molar-refractivity contribution in [3.63, 3.8) is 0 Å². The van der Waals surface area contributed by atoms with Crippen LogP contribution >= 0.6 is 19.6 Å². The summed E-state index contributed by atoms with van der Waals surface area (Å²) in [7, 11) is -4.82. The number of rotatable bonds is 10. The Morgan fingerprint density at radius 2 is 0.897 bits per heavy atom. The lowest BCUT2D eigenvalue weighted by molar-refractivity contribution is -0.192. The normalized spacial score (nSPS) is 19.8. The molecule has 0 bridgehead atoms. The van der Waals surface area contributed by atoms with Crippen molar-refractivity contribution in [3.8, 4) is 34.2 Å². The number of fused-ring (bicyclic) bond motifs is 15. The van der Waals surface area contributed by atoms with E-state index in [1.807, 2.05) is 104 Å². The minimum absolute atomic E-state index is 0.0244. The van der Waals surface area contributed by atoms with Crippen molar-refractivity contribution >= 4 is 70.2 Å². The minimum Gasteiger partial charge on any atom is -0.458 e. The van der Waals surface area contributed by atoms with Gasteiger partial charge in [-0.05, 0) is 80.1 Å². The van der Waals surface area contributed by atoms with Gasteiger partial charge in [-0.25, -0.2) is 33.9 Å². The Labute approximate surface area is 498 Å². The Hall–Kier alpha value is -8.51. The first kappa shape index (κ1) is 57.6. The maximum absolute atomic E-state index is 13.3. The molecule has 0 radical (unpaired) electrons. The van der Waals surface area contributed by atoms with Crippen LogP contribution in [0.5, 0.6) is 0 Å². The number of carbonyl (C=O) groups excluding carboxylic acids is 3. The predicted molar refractivity (Wildman–Crippen MR) is 318 cm³/mol. The van der Waals surface area contributed by atoms with E-state index in [9.17, 15) is 38.4 Å². The summed E-state index contributed by atoms with van der Waals surface area (Å²) in [5, 5.41) is 13.8. The van der Waals surface area contributed by atoms with E-state index in [4.69, 9.17) is 48.4 Å². The van der Waals surface area contributed by atoms with Gasteiger partial charge >= 0.3 is 25.7 Å². The highest BCUT2D eigenvalue weighted by molar-refractivity contribution is 7.98. The van der Waals surface area contributed by atoms with Crippen molar-refractivity contribution in [1.29, 1.82) is 0 Å². The molecule has 0 saturated heterocycles. The number of hydrogen-bond acceptors (Lipinski definition) is 18. The molecule has 12 heterocycles. The molecule has 3 atom stereocenters. The van der Waals surface area contributed by atoms with Crippen LogP contribution in [0, 0.1) is 0 Å². The van der Waals surface area contributed by atoms with Crippen molar-refractivity contribution in [2.75, 3.05) is 19.0 Å². The molecule has 9 aromatic rings. The summed E-state index contributed by atoms with van der Waals surface area (Å²) in [6.07, 6.45) is 2.49. The van der Waals surface area contributed by atoms with Gasteiger partial charge in [0.2, 0.25) is 0 Å². The van der Waals surface area contributed by atoms with Crippen LogP contribution in [0.1, 0.15) is 90.1 Å². The summed E-state index contributed by atoms with van der Waals surface area (Å²) in [4.78, 5) is 110. The van der Waals surface area contributed by atoms with Gasteiger partial charge in [0.1, 0.15) is 19.8 Å². The van der Waals surface area contributed by atoms with Crippen molar-refractivity contribution < 1.29 is 62.1 Å². The van der Waals surface area contributed by atoms with Crippen molar-refractivity contribution in [2.45, 2.75) is 96.3 Å². The molecule has 0 saturated carbocycles. The van der Waals surface area contributed by atoms with Crippen LogP contribution in [0.15, 0.2) is 124 Å². The molecule has 3 aromatic carbocycles.